The van der Waals surface area contributed by atoms with Crippen LogP contribution >= 0.6 is 0 Å². The highest BCUT2D eigenvalue weighted by Gasteiger charge is 2.16. The minimum atomic E-state index is -0.747. The SMILES string of the molecule is CC(=O)Nc1nc(-c2cccc([N+](=O)[O-])c2)c(C#N)c(=O)[nH]1. The average Bonchev–Trinajstić information content (AvgIpc) is 2.46. The fraction of sp³-hybridized carbons (Fsp3) is 0.0769. The summed E-state index contributed by atoms with van der Waals surface area (Å²) >= 11 is 0. The summed E-state index contributed by atoms with van der Waals surface area (Å²) in [4.78, 5) is 39.4. The first-order valence-electron chi connectivity index (χ1n) is 5.99. The molecule has 2 rings (SSSR count). The lowest BCUT2D eigenvalue weighted by Crippen LogP contribution is -2.19. The van der Waals surface area contributed by atoms with Crippen LogP contribution in [0, 0.1) is 21.4 Å². The van der Waals surface area contributed by atoms with Crippen molar-refractivity contribution in [1.29, 1.82) is 5.26 Å². The minimum absolute atomic E-state index is 0.0429. The number of aromatic amines is 1. The highest BCUT2D eigenvalue weighted by Crippen LogP contribution is 2.24. The van der Waals surface area contributed by atoms with E-state index in [0.717, 1.165) is 0 Å². The van der Waals surface area contributed by atoms with Crippen LogP contribution in [0.4, 0.5) is 11.6 Å². The van der Waals surface area contributed by atoms with E-state index in [1.165, 1.54) is 31.2 Å². The van der Waals surface area contributed by atoms with Crippen molar-refractivity contribution in [2.75, 3.05) is 5.32 Å². The third-order valence-corrected chi connectivity index (χ3v) is 2.66. The van der Waals surface area contributed by atoms with Crippen molar-refractivity contribution in [2.45, 2.75) is 6.92 Å². The molecule has 0 radical (unpaired) electrons. The van der Waals surface area contributed by atoms with E-state index in [1.807, 2.05) is 0 Å². The second kappa shape index (κ2) is 5.84. The lowest BCUT2D eigenvalue weighted by Gasteiger charge is -2.06. The second-order valence-electron chi connectivity index (χ2n) is 4.24. The van der Waals surface area contributed by atoms with E-state index < -0.39 is 16.4 Å². The fourth-order valence-corrected chi connectivity index (χ4v) is 1.78. The van der Waals surface area contributed by atoms with Crippen molar-refractivity contribution in [3.8, 4) is 17.3 Å². The minimum Gasteiger partial charge on any atom is -0.296 e. The molecular weight excluding hydrogens is 290 g/mol. The maximum atomic E-state index is 11.9. The number of non-ortho nitro benzene ring substituents is 1. The van der Waals surface area contributed by atoms with Crippen LogP contribution in [0.2, 0.25) is 0 Å². The van der Waals surface area contributed by atoms with E-state index in [-0.39, 0.29) is 28.5 Å². The first-order valence-corrected chi connectivity index (χ1v) is 5.99. The summed E-state index contributed by atoms with van der Waals surface area (Å²) in [5.41, 5.74) is -1.07. The number of hydrogen-bond acceptors (Lipinski definition) is 6. The number of carbonyl (C=O) groups is 1. The predicted octanol–water partition coefficient (Wildman–Crippen LogP) is 1.18. The number of nitro benzene ring substituents is 1. The number of nitriles is 1. The highest BCUT2D eigenvalue weighted by molar-refractivity contribution is 5.87. The number of benzene rings is 1. The van der Waals surface area contributed by atoms with Gasteiger partial charge in [-0.1, -0.05) is 12.1 Å². The second-order valence-corrected chi connectivity index (χ2v) is 4.24. The van der Waals surface area contributed by atoms with E-state index in [4.69, 9.17) is 5.26 Å². The van der Waals surface area contributed by atoms with Crippen molar-refractivity contribution in [1.82, 2.24) is 9.97 Å². The van der Waals surface area contributed by atoms with Crippen LogP contribution in [0.1, 0.15) is 12.5 Å². The van der Waals surface area contributed by atoms with Gasteiger partial charge >= 0.3 is 0 Å². The smallest absolute Gasteiger partial charge is 0.270 e. The highest BCUT2D eigenvalue weighted by atomic mass is 16.6. The molecule has 0 aliphatic carbocycles. The normalized spacial score (nSPS) is 9.82. The Kier molecular flexibility index (Phi) is 3.94. The van der Waals surface area contributed by atoms with Gasteiger partial charge in [-0.2, -0.15) is 5.26 Å². The molecule has 0 saturated heterocycles. The molecule has 9 heteroatoms. The van der Waals surface area contributed by atoms with E-state index in [9.17, 15) is 19.7 Å². The van der Waals surface area contributed by atoms with Gasteiger partial charge in [0.1, 0.15) is 11.6 Å². The number of amides is 1. The summed E-state index contributed by atoms with van der Waals surface area (Å²) in [6.45, 7) is 1.23. The van der Waals surface area contributed by atoms with Gasteiger partial charge in [-0.05, 0) is 0 Å². The lowest BCUT2D eigenvalue weighted by atomic mass is 10.1. The summed E-state index contributed by atoms with van der Waals surface area (Å²) in [7, 11) is 0. The van der Waals surface area contributed by atoms with Gasteiger partial charge in [0.15, 0.2) is 0 Å². The summed E-state index contributed by atoms with van der Waals surface area (Å²) < 4.78 is 0. The summed E-state index contributed by atoms with van der Waals surface area (Å²) in [5, 5.41) is 22.2. The van der Waals surface area contributed by atoms with Gasteiger partial charge in [-0.25, -0.2) is 4.98 Å². The van der Waals surface area contributed by atoms with Crippen molar-refractivity contribution in [2.24, 2.45) is 0 Å². The van der Waals surface area contributed by atoms with E-state index >= 15 is 0 Å². The molecule has 0 spiro atoms. The maximum Gasteiger partial charge on any atom is 0.270 e. The molecule has 2 aromatic rings. The van der Waals surface area contributed by atoms with Gasteiger partial charge in [0.25, 0.3) is 11.2 Å². The van der Waals surface area contributed by atoms with Gasteiger partial charge < -0.3 is 0 Å². The quantitative estimate of drug-likeness (QED) is 0.643. The van der Waals surface area contributed by atoms with Crippen LogP contribution in [0.3, 0.4) is 0 Å². The van der Waals surface area contributed by atoms with Crippen LogP contribution in [0.15, 0.2) is 29.1 Å². The predicted molar refractivity (Wildman–Crippen MR) is 76.0 cm³/mol. The number of aromatic nitrogens is 2. The number of H-pyrrole nitrogens is 1. The zero-order valence-corrected chi connectivity index (χ0v) is 11.3. The Labute approximate surface area is 123 Å². The number of carbonyl (C=O) groups excluding carboxylic acids is 1. The van der Waals surface area contributed by atoms with Gasteiger partial charge in [0.2, 0.25) is 11.9 Å². The van der Waals surface area contributed by atoms with Crippen LogP contribution < -0.4 is 10.9 Å². The summed E-state index contributed by atoms with van der Waals surface area (Å²) in [6, 6.07) is 7.06. The van der Waals surface area contributed by atoms with Gasteiger partial charge in [0.05, 0.1) is 10.6 Å². The fourth-order valence-electron chi connectivity index (χ4n) is 1.78. The Morgan fingerprint density at radius 1 is 1.50 bits per heavy atom. The van der Waals surface area contributed by atoms with Gasteiger partial charge in [-0.3, -0.25) is 30.0 Å². The molecule has 0 bridgehead atoms. The summed E-state index contributed by atoms with van der Waals surface area (Å²) in [5.74, 6) is -0.601. The molecule has 0 saturated carbocycles. The molecule has 0 atom stereocenters. The lowest BCUT2D eigenvalue weighted by molar-refractivity contribution is -0.384. The Morgan fingerprint density at radius 3 is 2.82 bits per heavy atom. The van der Waals surface area contributed by atoms with Gasteiger partial charge in [-0.15, -0.1) is 0 Å². The Hall–Kier alpha value is -3.54. The average molecular weight is 299 g/mol. The molecule has 0 aliphatic rings. The molecule has 0 aliphatic heterocycles. The van der Waals surface area contributed by atoms with Crippen molar-refractivity contribution >= 4 is 17.5 Å². The third-order valence-electron chi connectivity index (χ3n) is 2.66. The molecular formula is C13H9N5O4. The molecule has 1 heterocycles. The molecule has 1 aromatic heterocycles. The van der Waals surface area contributed by atoms with E-state index in [1.54, 1.807) is 6.07 Å². The van der Waals surface area contributed by atoms with Crippen molar-refractivity contribution < 1.29 is 9.72 Å². The number of nitro groups is 1. The molecule has 0 fully saturated rings. The zero-order chi connectivity index (χ0) is 16.3. The number of rotatable bonds is 3. The standard InChI is InChI=1S/C13H9N5O4/c1-7(19)15-13-16-11(10(6-14)12(20)17-13)8-3-2-4-9(5-8)18(21)22/h2-5H,1H3,(H2,15,16,17,19,20). The molecule has 9 nitrogen and oxygen atoms in total. The first-order chi connectivity index (χ1) is 10.4. The van der Waals surface area contributed by atoms with Crippen molar-refractivity contribution in [3.63, 3.8) is 0 Å². The van der Waals surface area contributed by atoms with Gasteiger partial charge in [0, 0.05) is 24.6 Å². The topological polar surface area (TPSA) is 142 Å². The number of nitrogens with one attached hydrogen (secondary N) is 2. The monoisotopic (exact) mass is 299 g/mol. The molecule has 22 heavy (non-hydrogen) atoms. The molecule has 1 aromatic carbocycles. The third kappa shape index (κ3) is 2.96. The largest absolute Gasteiger partial charge is 0.296 e. The number of hydrogen-bond donors (Lipinski definition) is 2. The van der Waals surface area contributed by atoms with Crippen LogP contribution in [0.5, 0.6) is 0 Å². The Balaban J connectivity index is 2.67. The molecule has 0 unspecified atom stereocenters. The number of nitrogens with zero attached hydrogens (tertiary/aromatic N) is 3. The molecule has 110 valence electrons. The Bertz CT molecular complexity index is 865. The molecule has 2 N–H and O–H groups in total. The van der Waals surface area contributed by atoms with E-state index in [2.05, 4.69) is 15.3 Å². The van der Waals surface area contributed by atoms with Crippen LogP contribution in [-0.4, -0.2) is 20.8 Å². The molecule has 1 amide bonds. The Morgan fingerprint density at radius 2 is 2.23 bits per heavy atom. The summed E-state index contributed by atoms with van der Waals surface area (Å²) in [6.07, 6.45) is 0. The van der Waals surface area contributed by atoms with Crippen LogP contribution in [0.25, 0.3) is 11.3 Å². The van der Waals surface area contributed by atoms with Crippen LogP contribution in [-0.2, 0) is 4.79 Å². The number of anilines is 1. The van der Waals surface area contributed by atoms with E-state index in [0.29, 0.717) is 0 Å². The first kappa shape index (κ1) is 14.9. The zero-order valence-electron chi connectivity index (χ0n) is 11.3. The maximum absolute atomic E-state index is 11.9. The van der Waals surface area contributed by atoms with Crippen molar-refractivity contribution in [3.05, 3.63) is 50.3 Å².